The lowest BCUT2D eigenvalue weighted by atomic mass is 10.1. The van der Waals surface area contributed by atoms with E-state index in [1.165, 1.54) is 0 Å². The number of hydrogen-bond donors (Lipinski definition) is 4. The van der Waals surface area contributed by atoms with E-state index >= 15 is 0 Å². The molecule has 0 aliphatic rings. The van der Waals surface area contributed by atoms with Crippen molar-refractivity contribution in [3.63, 3.8) is 0 Å². The number of hydrogen-bond acceptors (Lipinski definition) is 3. The third-order valence-corrected chi connectivity index (χ3v) is 2.00. The molecule has 0 saturated heterocycles. The van der Waals surface area contributed by atoms with Gasteiger partial charge in [-0.2, -0.15) is 0 Å². The van der Waals surface area contributed by atoms with E-state index in [4.69, 9.17) is 11.5 Å². The van der Waals surface area contributed by atoms with Crippen molar-refractivity contribution < 1.29 is 0 Å². The summed E-state index contributed by atoms with van der Waals surface area (Å²) in [6.07, 6.45) is 3.73. The zero-order valence-electron chi connectivity index (χ0n) is 10.2. The summed E-state index contributed by atoms with van der Waals surface area (Å²) in [5.74, 6) is 0.372. The Balaban J connectivity index is 4.82. The normalized spacial score (nSPS) is 13.6. The molecule has 0 bridgehead atoms. The van der Waals surface area contributed by atoms with Crippen LogP contribution in [0.3, 0.4) is 0 Å². The van der Waals surface area contributed by atoms with E-state index in [2.05, 4.69) is 22.2 Å². The molecule has 0 spiro atoms. The predicted octanol–water partition coefficient (Wildman–Crippen LogP) is 0.0425. The van der Waals surface area contributed by atoms with Gasteiger partial charge in [0.05, 0.1) is 17.9 Å². The summed E-state index contributed by atoms with van der Waals surface area (Å²) in [6, 6.07) is 0. The molecule has 0 rings (SSSR count). The highest BCUT2D eigenvalue weighted by Crippen LogP contribution is 2.07. The quantitative estimate of drug-likeness (QED) is 0.301. The lowest BCUT2D eigenvalue weighted by Crippen LogP contribution is -2.29. The van der Waals surface area contributed by atoms with Gasteiger partial charge in [0.1, 0.15) is 0 Å². The molecule has 0 atom stereocenters. The third kappa shape index (κ3) is 4.54. The molecule has 6 N–H and O–H groups in total. The second kappa shape index (κ2) is 7.39. The molecule has 0 aromatic carbocycles. The highest BCUT2D eigenvalue weighted by Gasteiger charge is 2.02. The van der Waals surface area contributed by atoms with Crippen molar-refractivity contribution in [1.29, 1.82) is 0 Å². The minimum atomic E-state index is 0.372. The molecule has 0 saturated carbocycles. The SMILES string of the molecule is C=C(/C=C\C)/C(N)=C(\C/N=C(\N)NC)NC. The van der Waals surface area contributed by atoms with Gasteiger partial charge in [-0.25, -0.2) is 4.99 Å². The van der Waals surface area contributed by atoms with Gasteiger partial charge in [0.15, 0.2) is 5.96 Å². The predicted molar refractivity (Wildman–Crippen MR) is 69.8 cm³/mol. The van der Waals surface area contributed by atoms with Crippen LogP contribution in [-0.4, -0.2) is 26.6 Å². The molecular weight excluding hydrogens is 202 g/mol. The molecule has 0 amide bonds. The van der Waals surface area contributed by atoms with Crippen LogP contribution in [0.1, 0.15) is 6.92 Å². The van der Waals surface area contributed by atoms with Crippen LogP contribution >= 0.6 is 0 Å². The summed E-state index contributed by atoms with van der Waals surface area (Å²) >= 11 is 0. The van der Waals surface area contributed by atoms with Crippen LogP contribution in [0.2, 0.25) is 0 Å². The van der Waals surface area contributed by atoms with Crippen LogP contribution in [-0.2, 0) is 0 Å². The Bertz CT molecular complexity index is 325. The topological polar surface area (TPSA) is 88.5 Å². The molecule has 5 nitrogen and oxygen atoms in total. The van der Waals surface area contributed by atoms with Crippen molar-refractivity contribution in [2.75, 3.05) is 20.6 Å². The summed E-state index contributed by atoms with van der Waals surface area (Å²) in [5, 5.41) is 5.73. The van der Waals surface area contributed by atoms with Crippen LogP contribution in [0.4, 0.5) is 0 Å². The average molecular weight is 223 g/mol. The number of nitrogens with zero attached hydrogens (tertiary/aromatic N) is 1. The van der Waals surface area contributed by atoms with E-state index in [0.29, 0.717) is 18.2 Å². The molecule has 0 aromatic heterocycles. The Morgan fingerprint density at radius 1 is 1.31 bits per heavy atom. The fourth-order valence-corrected chi connectivity index (χ4v) is 1.03. The van der Waals surface area contributed by atoms with Gasteiger partial charge in [-0.05, 0) is 12.5 Å². The van der Waals surface area contributed by atoms with E-state index in [9.17, 15) is 0 Å². The van der Waals surface area contributed by atoms with Crippen LogP contribution in [0, 0.1) is 0 Å². The number of nitrogens with one attached hydrogen (secondary N) is 2. The summed E-state index contributed by atoms with van der Waals surface area (Å²) in [7, 11) is 3.50. The van der Waals surface area contributed by atoms with E-state index in [-0.39, 0.29) is 0 Å². The lowest BCUT2D eigenvalue weighted by Gasteiger charge is -2.10. The molecule has 16 heavy (non-hydrogen) atoms. The third-order valence-electron chi connectivity index (χ3n) is 2.00. The summed E-state index contributed by atoms with van der Waals surface area (Å²) in [6.45, 7) is 6.16. The molecule has 90 valence electrons. The van der Waals surface area contributed by atoms with E-state index in [0.717, 1.165) is 11.3 Å². The van der Waals surface area contributed by atoms with Crippen LogP contribution in [0.25, 0.3) is 0 Å². The van der Waals surface area contributed by atoms with Gasteiger partial charge in [0.2, 0.25) is 0 Å². The second-order valence-corrected chi connectivity index (χ2v) is 3.12. The molecule has 0 radical (unpaired) electrons. The number of allylic oxidation sites excluding steroid dienone is 2. The van der Waals surface area contributed by atoms with Crippen molar-refractivity contribution in [2.45, 2.75) is 6.92 Å². The van der Waals surface area contributed by atoms with Crippen molar-refractivity contribution >= 4 is 5.96 Å². The molecule has 0 unspecified atom stereocenters. The first-order valence-electron chi connectivity index (χ1n) is 5.02. The maximum absolute atomic E-state index is 5.92. The summed E-state index contributed by atoms with van der Waals surface area (Å²) in [5.41, 5.74) is 13.6. The fraction of sp³-hybridized carbons (Fsp3) is 0.364. The first kappa shape index (κ1) is 14.1. The van der Waals surface area contributed by atoms with Gasteiger partial charge in [-0.1, -0.05) is 18.7 Å². The Kier molecular flexibility index (Phi) is 6.51. The van der Waals surface area contributed by atoms with Crippen molar-refractivity contribution in [1.82, 2.24) is 10.6 Å². The standard InChI is InChI=1S/C11H21N5/c1-5-6-8(2)10(12)9(14-3)7-16-11(13)15-4/h5-6,14H,2,7,12H2,1,3-4H3,(H3,13,15,16)/b6-5-,10-9-. The molecule has 0 aromatic rings. The van der Waals surface area contributed by atoms with Gasteiger partial charge < -0.3 is 22.1 Å². The number of rotatable bonds is 5. The van der Waals surface area contributed by atoms with Gasteiger partial charge in [0, 0.05) is 14.1 Å². The Hall–Kier alpha value is -1.91. The number of aliphatic imine (C=N–C) groups is 1. The van der Waals surface area contributed by atoms with E-state index < -0.39 is 0 Å². The Morgan fingerprint density at radius 2 is 1.94 bits per heavy atom. The zero-order valence-corrected chi connectivity index (χ0v) is 10.2. The zero-order chi connectivity index (χ0) is 12.6. The molecular formula is C11H21N5. The van der Waals surface area contributed by atoms with Crippen LogP contribution < -0.4 is 22.1 Å². The van der Waals surface area contributed by atoms with Crippen molar-refractivity contribution in [3.05, 3.63) is 35.7 Å². The largest absolute Gasteiger partial charge is 0.397 e. The maximum Gasteiger partial charge on any atom is 0.188 e. The van der Waals surface area contributed by atoms with Crippen LogP contribution in [0.5, 0.6) is 0 Å². The monoisotopic (exact) mass is 223 g/mol. The van der Waals surface area contributed by atoms with Gasteiger partial charge in [0.25, 0.3) is 0 Å². The van der Waals surface area contributed by atoms with Gasteiger partial charge in [-0.15, -0.1) is 0 Å². The second-order valence-electron chi connectivity index (χ2n) is 3.12. The number of nitrogens with two attached hydrogens (primary N) is 2. The Labute approximate surface area is 97.0 Å². The molecule has 5 heteroatoms. The van der Waals surface area contributed by atoms with E-state index in [1.807, 2.05) is 19.1 Å². The molecule has 0 heterocycles. The molecule has 0 fully saturated rings. The first-order valence-corrected chi connectivity index (χ1v) is 5.02. The highest BCUT2D eigenvalue weighted by molar-refractivity contribution is 5.77. The van der Waals surface area contributed by atoms with Gasteiger partial charge >= 0.3 is 0 Å². The van der Waals surface area contributed by atoms with Crippen molar-refractivity contribution in [3.8, 4) is 0 Å². The number of likely N-dealkylation sites (N-methyl/N-ethyl adjacent to an activating group) is 1. The van der Waals surface area contributed by atoms with Crippen LogP contribution in [0.15, 0.2) is 40.7 Å². The lowest BCUT2D eigenvalue weighted by molar-refractivity contribution is 0.892. The maximum atomic E-state index is 5.92. The first-order chi connectivity index (χ1) is 7.56. The highest BCUT2D eigenvalue weighted by atomic mass is 15.1. The fourth-order valence-electron chi connectivity index (χ4n) is 1.03. The molecule has 0 aliphatic heterocycles. The van der Waals surface area contributed by atoms with Crippen molar-refractivity contribution in [2.24, 2.45) is 16.5 Å². The average Bonchev–Trinajstić information content (AvgIpc) is 2.29. The summed E-state index contributed by atoms with van der Waals surface area (Å²) < 4.78 is 0. The van der Waals surface area contributed by atoms with E-state index in [1.54, 1.807) is 14.1 Å². The Morgan fingerprint density at radius 3 is 2.38 bits per heavy atom. The molecule has 0 aliphatic carbocycles. The van der Waals surface area contributed by atoms with Gasteiger partial charge in [-0.3, -0.25) is 0 Å². The number of guanidine groups is 1. The minimum Gasteiger partial charge on any atom is -0.397 e. The smallest absolute Gasteiger partial charge is 0.188 e. The minimum absolute atomic E-state index is 0.372. The summed E-state index contributed by atoms with van der Waals surface area (Å²) in [4.78, 5) is 4.10.